The number of rotatable bonds is 5. The summed E-state index contributed by atoms with van der Waals surface area (Å²) in [5.41, 5.74) is 0.450. The molecule has 0 fully saturated rings. The summed E-state index contributed by atoms with van der Waals surface area (Å²) in [5, 5.41) is 19.0. The number of carboxylic acids is 1. The van der Waals surface area contributed by atoms with Gasteiger partial charge < -0.3 is 14.9 Å². The molecule has 0 aliphatic heterocycles. The van der Waals surface area contributed by atoms with Gasteiger partial charge in [0.05, 0.1) is 6.10 Å². The molecular weight excluding hydrogens is 208 g/mol. The maximum Gasteiger partial charge on any atom is 0.309 e. The predicted molar refractivity (Wildman–Crippen MR) is 58.8 cm³/mol. The second kappa shape index (κ2) is 5.09. The van der Waals surface area contributed by atoms with E-state index < -0.39 is 18.2 Å². The van der Waals surface area contributed by atoms with E-state index in [0.717, 1.165) is 0 Å². The molecule has 0 aliphatic rings. The zero-order valence-corrected chi connectivity index (χ0v) is 9.38. The van der Waals surface area contributed by atoms with Crippen LogP contribution in [0.4, 0.5) is 0 Å². The molecule has 0 amide bonds. The van der Waals surface area contributed by atoms with Crippen LogP contribution in [0.15, 0.2) is 30.3 Å². The van der Waals surface area contributed by atoms with Gasteiger partial charge in [0, 0.05) is 5.56 Å². The number of carboxylic acid groups (broad SMARTS) is 1. The second-order valence-corrected chi connectivity index (χ2v) is 3.89. The van der Waals surface area contributed by atoms with Crippen molar-refractivity contribution in [2.45, 2.75) is 32.2 Å². The molecule has 0 heterocycles. The fraction of sp³-hybridized carbons (Fsp3) is 0.417. The van der Waals surface area contributed by atoms with Gasteiger partial charge in [-0.05, 0) is 13.8 Å². The van der Waals surface area contributed by atoms with E-state index in [1.807, 2.05) is 0 Å². The van der Waals surface area contributed by atoms with E-state index in [0.29, 0.717) is 5.56 Å². The van der Waals surface area contributed by atoms with Gasteiger partial charge in [0.1, 0.15) is 6.42 Å². The summed E-state index contributed by atoms with van der Waals surface area (Å²) in [5.74, 6) is -2.87. The zero-order valence-electron chi connectivity index (χ0n) is 9.38. The number of carbonyl (C=O) groups is 1. The summed E-state index contributed by atoms with van der Waals surface area (Å²) in [6.07, 6.45) is -0.737. The van der Waals surface area contributed by atoms with Crippen LogP contribution in [0.25, 0.3) is 0 Å². The summed E-state index contributed by atoms with van der Waals surface area (Å²) in [6.45, 7) is 3.49. The van der Waals surface area contributed by atoms with E-state index in [9.17, 15) is 9.90 Å². The van der Waals surface area contributed by atoms with E-state index in [1.54, 1.807) is 44.2 Å². The molecule has 4 nitrogen and oxygen atoms in total. The number of hydrogen-bond acceptors (Lipinski definition) is 3. The average molecular weight is 224 g/mol. The van der Waals surface area contributed by atoms with Crippen LogP contribution in [-0.2, 0) is 15.3 Å². The molecule has 0 bridgehead atoms. The third-order valence-electron chi connectivity index (χ3n) is 2.05. The Morgan fingerprint density at radius 3 is 2.38 bits per heavy atom. The fourth-order valence-corrected chi connectivity index (χ4v) is 1.51. The minimum absolute atomic E-state index is 0.260. The van der Waals surface area contributed by atoms with Gasteiger partial charge in [0.2, 0.25) is 5.79 Å². The summed E-state index contributed by atoms with van der Waals surface area (Å²) in [6, 6.07) is 8.54. The Morgan fingerprint density at radius 2 is 1.94 bits per heavy atom. The number of aliphatic hydroxyl groups is 1. The van der Waals surface area contributed by atoms with Crippen molar-refractivity contribution in [3.63, 3.8) is 0 Å². The molecule has 4 heteroatoms. The van der Waals surface area contributed by atoms with Crippen LogP contribution < -0.4 is 0 Å². The first-order chi connectivity index (χ1) is 7.44. The van der Waals surface area contributed by atoms with Gasteiger partial charge in [-0.3, -0.25) is 4.79 Å². The van der Waals surface area contributed by atoms with Crippen molar-refractivity contribution in [2.75, 3.05) is 0 Å². The monoisotopic (exact) mass is 224 g/mol. The highest BCUT2D eigenvalue weighted by Gasteiger charge is 2.34. The number of hydrogen-bond donors (Lipinski definition) is 2. The largest absolute Gasteiger partial charge is 0.481 e. The number of benzene rings is 1. The van der Waals surface area contributed by atoms with E-state index >= 15 is 0 Å². The van der Waals surface area contributed by atoms with Gasteiger partial charge in [-0.1, -0.05) is 30.3 Å². The SMILES string of the molecule is CC(C)OC(O)(CC(=O)O)c1ccccc1. The predicted octanol–water partition coefficient (Wildman–Crippen LogP) is 1.73. The summed E-state index contributed by atoms with van der Waals surface area (Å²) >= 11 is 0. The van der Waals surface area contributed by atoms with Crippen molar-refractivity contribution < 1.29 is 19.7 Å². The lowest BCUT2D eigenvalue weighted by molar-refractivity contribution is -0.237. The first-order valence-electron chi connectivity index (χ1n) is 5.11. The molecule has 88 valence electrons. The van der Waals surface area contributed by atoms with Gasteiger partial charge in [0.25, 0.3) is 0 Å². The molecule has 1 aromatic carbocycles. The Labute approximate surface area is 94.5 Å². The molecule has 0 radical (unpaired) electrons. The average Bonchev–Trinajstić information content (AvgIpc) is 2.16. The summed E-state index contributed by atoms with van der Waals surface area (Å²) in [7, 11) is 0. The molecule has 0 spiro atoms. The lowest BCUT2D eigenvalue weighted by Crippen LogP contribution is -2.34. The van der Waals surface area contributed by atoms with Crippen LogP contribution in [-0.4, -0.2) is 22.3 Å². The number of ether oxygens (including phenoxy) is 1. The highest BCUT2D eigenvalue weighted by Crippen LogP contribution is 2.27. The zero-order chi connectivity index (χ0) is 12.2. The Balaban J connectivity index is 2.99. The Morgan fingerprint density at radius 1 is 1.38 bits per heavy atom. The minimum atomic E-state index is -1.76. The van der Waals surface area contributed by atoms with Gasteiger partial charge in [-0.25, -0.2) is 0 Å². The first-order valence-corrected chi connectivity index (χ1v) is 5.11. The highest BCUT2D eigenvalue weighted by molar-refractivity contribution is 5.68. The van der Waals surface area contributed by atoms with Crippen LogP contribution >= 0.6 is 0 Å². The Kier molecular flexibility index (Phi) is 4.04. The molecule has 0 saturated carbocycles. The third-order valence-corrected chi connectivity index (χ3v) is 2.05. The number of aliphatic carboxylic acids is 1. The lowest BCUT2D eigenvalue weighted by atomic mass is 10.0. The fourth-order valence-electron chi connectivity index (χ4n) is 1.51. The molecule has 1 rings (SSSR count). The smallest absolute Gasteiger partial charge is 0.309 e. The van der Waals surface area contributed by atoms with Crippen molar-refractivity contribution in [3.05, 3.63) is 35.9 Å². The molecule has 1 unspecified atom stereocenters. The Hall–Kier alpha value is -1.39. The molecule has 0 saturated heterocycles. The van der Waals surface area contributed by atoms with Crippen LogP contribution in [0.2, 0.25) is 0 Å². The normalized spacial score (nSPS) is 14.8. The van der Waals surface area contributed by atoms with Crippen LogP contribution in [0, 0.1) is 0 Å². The van der Waals surface area contributed by atoms with E-state index in [4.69, 9.17) is 9.84 Å². The van der Waals surface area contributed by atoms with Crippen molar-refractivity contribution in [1.29, 1.82) is 0 Å². The van der Waals surface area contributed by atoms with Crippen LogP contribution in [0.3, 0.4) is 0 Å². The van der Waals surface area contributed by atoms with Gasteiger partial charge >= 0.3 is 5.97 Å². The molecule has 0 aromatic heterocycles. The standard InChI is InChI=1S/C12H16O4/c1-9(2)16-12(15,8-11(13)14)10-6-4-3-5-7-10/h3-7,9,15H,8H2,1-2H3,(H,13,14). The van der Waals surface area contributed by atoms with Gasteiger partial charge in [-0.2, -0.15) is 0 Å². The van der Waals surface area contributed by atoms with Crippen molar-refractivity contribution in [1.82, 2.24) is 0 Å². The molecule has 1 atom stereocenters. The molecular formula is C12H16O4. The first kappa shape index (κ1) is 12.7. The van der Waals surface area contributed by atoms with E-state index in [2.05, 4.69) is 0 Å². The van der Waals surface area contributed by atoms with Crippen LogP contribution in [0.5, 0.6) is 0 Å². The maximum atomic E-state index is 10.7. The van der Waals surface area contributed by atoms with Crippen molar-refractivity contribution in [3.8, 4) is 0 Å². The topological polar surface area (TPSA) is 66.8 Å². The lowest BCUT2D eigenvalue weighted by Gasteiger charge is -2.29. The molecule has 1 aromatic rings. The highest BCUT2D eigenvalue weighted by atomic mass is 16.6. The van der Waals surface area contributed by atoms with Gasteiger partial charge in [-0.15, -0.1) is 0 Å². The van der Waals surface area contributed by atoms with Gasteiger partial charge in [0.15, 0.2) is 0 Å². The van der Waals surface area contributed by atoms with E-state index in [-0.39, 0.29) is 6.10 Å². The van der Waals surface area contributed by atoms with Crippen molar-refractivity contribution in [2.24, 2.45) is 0 Å². The summed E-state index contributed by atoms with van der Waals surface area (Å²) in [4.78, 5) is 10.7. The van der Waals surface area contributed by atoms with Crippen LogP contribution in [0.1, 0.15) is 25.8 Å². The summed E-state index contributed by atoms with van der Waals surface area (Å²) < 4.78 is 5.31. The minimum Gasteiger partial charge on any atom is -0.481 e. The van der Waals surface area contributed by atoms with E-state index in [1.165, 1.54) is 0 Å². The molecule has 2 N–H and O–H groups in total. The Bertz CT molecular complexity index is 347. The molecule has 16 heavy (non-hydrogen) atoms. The molecule has 0 aliphatic carbocycles. The second-order valence-electron chi connectivity index (χ2n) is 3.89. The quantitative estimate of drug-likeness (QED) is 0.747. The third kappa shape index (κ3) is 3.32. The maximum absolute atomic E-state index is 10.7. The van der Waals surface area contributed by atoms with Crippen molar-refractivity contribution >= 4 is 5.97 Å².